The van der Waals surface area contributed by atoms with Gasteiger partial charge in [0.05, 0.1) is 0 Å². The first-order valence-electron chi connectivity index (χ1n) is 7.24. The van der Waals surface area contributed by atoms with Crippen molar-refractivity contribution in [1.29, 1.82) is 0 Å². The van der Waals surface area contributed by atoms with Crippen LogP contribution in [-0.4, -0.2) is 38.0 Å². The molecule has 5 nitrogen and oxygen atoms in total. The molecular formula is C16H25IN4O. The minimum Gasteiger partial charge on any atom is -0.357 e. The molecule has 0 atom stereocenters. The number of nitrogens with zero attached hydrogens (tertiary/aromatic N) is 1. The van der Waals surface area contributed by atoms with Gasteiger partial charge in [0.2, 0.25) is 0 Å². The van der Waals surface area contributed by atoms with E-state index in [4.69, 9.17) is 0 Å². The first kappa shape index (κ1) is 20.4. The summed E-state index contributed by atoms with van der Waals surface area (Å²) in [7, 11) is 0. The van der Waals surface area contributed by atoms with Crippen LogP contribution >= 0.6 is 24.0 Å². The zero-order valence-corrected chi connectivity index (χ0v) is 15.3. The molecule has 0 aliphatic heterocycles. The van der Waals surface area contributed by atoms with Gasteiger partial charge in [0.25, 0.3) is 5.91 Å². The fourth-order valence-corrected chi connectivity index (χ4v) is 1.67. The first-order chi connectivity index (χ1) is 10.3. The molecule has 122 valence electrons. The van der Waals surface area contributed by atoms with Gasteiger partial charge in [-0.1, -0.05) is 24.3 Å². The van der Waals surface area contributed by atoms with Gasteiger partial charge in [-0.05, 0) is 25.5 Å². The number of amides is 1. The summed E-state index contributed by atoms with van der Waals surface area (Å²) >= 11 is 0. The molecule has 6 heteroatoms. The van der Waals surface area contributed by atoms with E-state index in [1.165, 1.54) is 0 Å². The second-order valence-electron chi connectivity index (χ2n) is 4.41. The van der Waals surface area contributed by atoms with Crippen LogP contribution in [0.3, 0.4) is 0 Å². The Morgan fingerprint density at radius 1 is 1.23 bits per heavy atom. The third-order valence-electron chi connectivity index (χ3n) is 2.68. The Morgan fingerprint density at radius 3 is 2.59 bits per heavy atom. The molecule has 22 heavy (non-hydrogen) atoms. The van der Waals surface area contributed by atoms with Crippen LogP contribution < -0.4 is 16.0 Å². The lowest BCUT2D eigenvalue weighted by molar-refractivity contribution is 0.0953. The zero-order valence-electron chi connectivity index (χ0n) is 13.0. The van der Waals surface area contributed by atoms with Crippen LogP contribution in [0.5, 0.6) is 0 Å². The Morgan fingerprint density at radius 2 is 1.95 bits per heavy atom. The Balaban J connectivity index is 0.00000441. The number of rotatable bonds is 8. The number of carbonyl (C=O) groups excluding carboxylic acids is 1. The van der Waals surface area contributed by atoms with E-state index in [0.717, 1.165) is 18.9 Å². The first-order valence-corrected chi connectivity index (χ1v) is 7.24. The highest BCUT2D eigenvalue weighted by molar-refractivity contribution is 14.0. The van der Waals surface area contributed by atoms with Crippen molar-refractivity contribution < 1.29 is 4.79 Å². The van der Waals surface area contributed by atoms with Crippen LogP contribution in [-0.2, 0) is 0 Å². The number of aliphatic imine (C=N–C) groups is 1. The van der Waals surface area contributed by atoms with Crippen LogP contribution in [0.15, 0.2) is 48.0 Å². The van der Waals surface area contributed by atoms with Crippen molar-refractivity contribution in [3.8, 4) is 0 Å². The van der Waals surface area contributed by atoms with Gasteiger partial charge in [-0.2, -0.15) is 0 Å². The number of carbonyl (C=O) groups is 1. The highest BCUT2D eigenvalue weighted by Crippen LogP contribution is 1.97. The van der Waals surface area contributed by atoms with Crippen molar-refractivity contribution in [2.45, 2.75) is 13.3 Å². The molecule has 0 aromatic heterocycles. The molecule has 1 aromatic carbocycles. The Hall–Kier alpha value is -1.57. The maximum atomic E-state index is 11.8. The van der Waals surface area contributed by atoms with Crippen LogP contribution in [0, 0.1) is 0 Å². The summed E-state index contributed by atoms with van der Waals surface area (Å²) in [6.07, 6.45) is 2.58. The second-order valence-corrected chi connectivity index (χ2v) is 4.41. The van der Waals surface area contributed by atoms with Gasteiger partial charge < -0.3 is 16.0 Å². The van der Waals surface area contributed by atoms with Crippen molar-refractivity contribution in [3.63, 3.8) is 0 Å². The lowest BCUT2D eigenvalue weighted by Gasteiger charge is -2.09. The molecule has 1 aromatic rings. The van der Waals surface area contributed by atoms with E-state index < -0.39 is 0 Å². The smallest absolute Gasteiger partial charge is 0.251 e. The van der Waals surface area contributed by atoms with E-state index in [9.17, 15) is 4.79 Å². The van der Waals surface area contributed by atoms with Crippen molar-refractivity contribution >= 4 is 35.8 Å². The van der Waals surface area contributed by atoms with Gasteiger partial charge in [-0.25, -0.2) is 0 Å². The third kappa shape index (κ3) is 8.66. The predicted molar refractivity (Wildman–Crippen MR) is 103 cm³/mol. The highest BCUT2D eigenvalue weighted by atomic mass is 127. The molecule has 1 rings (SSSR count). The molecule has 0 fully saturated rings. The van der Waals surface area contributed by atoms with E-state index in [-0.39, 0.29) is 29.9 Å². The van der Waals surface area contributed by atoms with Crippen molar-refractivity contribution in [1.82, 2.24) is 16.0 Å². The predicted octanol–water partition coefficient (Wildman–Crippen LogP) is 2.17. The Labute approximate surface area is 149 Å². The van der Waals surface area contributed by atoms with Gasteiger partial charge >= 0.3 is 0 Å². The highest BCUT2D eigenvalue weighted by Gasteiger charge is 2.02. The largest absolute Gasteiger partial charge is 0.357 e. The van der Waals surface area contributed by atoms with Crippen LogP contribution in [0.4, 0.5) is 0 Å². The van der Waals surface area contributed by atoms with Crippen LogP contribution in [0.25, 0.3) is 0 Å². The van der Waals surface area contributed by atoms with Gasteiger partial charge in [0, 0.05) is 31.7 Å². The molecular weight excluding hydrogens is 391 g/mol. The molecule has 0 spiro atoms. The van der Waals surface area contributed by atoms with E-state index in [0.29, 0.717) is 25.2 Å². The van der Waals surface area contributed by atoms with Gasteiger partial charge in [-0.3, -0.25) is 9.79 Å². The summed E-state index contributed by atoms with van der Waals surface area (Å²) in [5.74, 6) is 0.725. The normalized spacial score (nSPS) is 10.3. The van der Waals surface area contributed by atoms with E-state index in [2.05, 4.69) is 27.5 Å². The average molecular weight is 416 g/mol. The van der Waals surface area contributed by atoms with Gasteiger partial charge in [-0.15, -0.1) is 30.6 Å². The molecule has 0 saturated heterocycles. The summed E-state index contributed by atoms with van der Waals surface area (Å²) in [5, 5.41) is 9.16. The summed E-state index contributed by atoms with van der Waals surface area (Å²) < 4.78 is 0. The molecule has 0 unspecified atom stereocenters. The zero-order chi connectivity index (χ0) is 15.3. The summed E-state index contributed by atoms with van der Waals surface area (Å²) in [4.78, 5) is 16.2. The molecule has 3 N–H and O–H groups in total. The number of halogens is 1. The number of nitrogens with one attached hydrogen (secondary N) is 3. The fourth-order valence-electron chi connectivity index (χ4n) is 1.67. The van der Waals surface area contributed by atoms with Gasteiger partial charge in [0.15, 0.2) is 5.96 Å². The maximum absolute atomic E-state index is 11.8. The molecule has 0 aliphatic carbocycles. The van der Waals surface area contributed by atoms with Crippen LogP contribution in [0.1, 0.15) is 23.7 Å². The fraction of sp³-hybridized carbons (Fsp3) is 0.375. The minimum absolute atomic E-state index is 0. The SMILES string of the molecule is C=CCNC(=NCCCNC(=O)c1ccccc1)NCC.I. The second kappa shape index (κ2) is 13.1. The number of hydrogen-bond donors (Lipinski definition) is 3. The number of hydrogen-bond acceptors (Lipinski definition) is 2. The van der Waals surface area contributed by atoms with E-state index >= 15 is 0 Å². The Bertz CT molecular complexity index is 462. The lowest BCUT2D eigenvalue weighted by Crippen LogP contribution is -2.37. The van der Waals surface area contributed by atoms with Crippen LogP contribution in [0.2, 0.25) is 0 Å². The number of benzene rings is 1. The summed E-state index contributed by atoms with van der Waals surface area (Å²) in [6, 6.07) is 9.20. The molecule has 0 heterocycles. The summed E-state index contributed by atoms with van der Waals surface area (Å²) in [6.45, 7) is 8.43. The lowest BCUT2D eigenvalue weighted by atomic mass is 10.2. The standard InChI is InChI=1S/C16H24N4O.HI/c1-3-11-19-16(17-4-2)20-13-8-12-18-15(21)14-9-6-5-7-10-14;/h3,5-7,9-10H,1,4,8,11-13H2,2H3,(H,18,21)(H2,17,19,20);1H. The maximum Gasteiger partial charge on any atom is 0.251 e. The van der Waals surface area contributed by atoms with Crippen molar-refractivity contribution in [3.05, 3.63) is 48.6 Å². The molecule has 0 saturated carbocycles. The van der Waals surface area contributed by atoms with Gasteiger partial charge in [0.1, 0.15) is 0 Å². The quantitative estimate of drug-likeness (QED) is 0.200. The van der Waals surface area contributed by atoms with Crippen molar-refractivity contribution in [2.24, 2.45) is 4.99 Å². The third-order valence-corrected chi connectivity index (χ3v) is 2.68. The van der Waals surface area contributed by atoms with Crippen molar-refractivity contribution in [2.75, 3.05) is 26.2 Å². The monoisotopic (exact) mass is 416 g/mol. The van der Waals surface area contributed by atoms with E-state index in [1.54, 1.807) is 18.2 Å². The van der Waals surface area contributed by atoms with E-state index in [1.807, 2.05) is 25.1 Å². The molecule has 0 aliphatic rings. The molecule has 0 bridgehead atoms. The summed E-state index contributed by atoms with van der Waals surface area (Å²) in [5.41, 5.74) is 0.682. The minimum atomic E-state index is -0.0451. The number of guanidine groups is 1. The molecule has 0 radical (unpaired) electrons. The average Bonchev–Trinajstić information content (AvgIpc) is 2.52. The topological polar surface area (TPSA) is 65.5 Å². The Kier molecular flexibility index (Phi) is 12.2. The molecule has 1 amide bonds.